The average molecular weight is 408 g/mol. The van der Waals surface area contributed by atoms with E-state index in [-0.39, 0.29) is 24.2 Å². The molecule has 1 aromatic carbocycles. The molecular formula is C22H25FN6O. The molecule has 3 heterocycles. The summed E-state index contributed by atoms with van der Waals surface area (Å²) >= 11 is 0. The van der Waals surface area contributed by atoms with Crippen molar-refractivity contribution in [1.29, 1.82) is 0 Å². The van der Waals surface area contributed by atoms with Crippen molar-refractivity contribution in [2.45, 2.75) is 25.3 Å². The van der Waals surface area contributed by atoms with Crippen molar-refractivity contribution in [2.24, 2.45) is 0 Å². The van der Waals surface area contributed by atoms with Gasteiger partial charge in [0.1, 0.15) is 12.4 Å². The summed E-state index contributed by atoms with van der Waals surface area (Å²) in [5, 5.41) is 4.13. The number of hydrogen-bond acceptors (Lipinski definition) is 5. The van der Waals surface area contributed by atoms with Crippen molar-refractivity contribution in [3.05, 3.63) is 60.4 Å². The van der Waals surface area contributed by atoms with Gasteiger partial charge in [-0.3, -0.25) is 9.48 Å². The molecule has 1 aliphatic rings. The number of halogens is 1. The Labute approximate surface area is 175 Å². The number of nitrogens with zero attached hydrogens (tertiary/aromatic N) is 6. The van der Waals surface area contributed by atoms with Crippen LogP contribution in [0.25, 0.3) is 11.1 Å². The molecule has 0 unspecified atom stereocenters. The van der Waals surface area contributed by atoms with Gasteiger partial charge in [-0.1, -0.05) is 12.1 Å². The molecule has 3 aromatic rings. The van der Waals surface area contributed by atoms with Crippen LogP contribution in [0.5, 0.6) is 0 Å². The van der Waals surface area contributed by atoms with Crippen LogP contribution < -0.4 is 4.90 Å². The van der Waals surface area contributed by atoms with E-state index in [0.29, 0.717) is 12.5 Å². The summed E-state index contributed by atoms with van der Waals surface area (Å²) in [6, 6.07) is 8.19. The van der Waals surface area contributed by atoms with E-state index < -0.39 is 0 Å². The molecule has 1 fully saturated rings. The maximum atomic E-state index is 13.4. The van der Waals surface area contributed by atoms with Gasteiger partial charge in [-0.15, -0.1) is 0 Å². The minimum atomic E-state index is -0.279. The van der Waals surface area contributed by atoms with Gasteiger partial charge in [-0.05, 0) is 36.6 Å². The maximum Gasteiger partial charge on any atom is 0.244 e. The van der Waals surface area contributed by atoms with Crippen molar-refractivity contribution in [1.82, 2.24) is 24.6 Å². The molecule has 4 rings (SSSR count). The molecule has 0 aliphatic carbocycles. The average Bonchev–Trinajstić information content (AvgIpc) is 3.27. The van der Waals surface area contributed by atoms with Gasteiger partial charge >= 0.3 is 0 Å². The third-order valence-corrected chi connectivity index (χ3v) is 5.38. The topological polar surface area (TPSA) is 67.2 Å². The lowest BCUT2D eigenvalue weighted by atomic mass is 9.90. The third-order valence-electron chi connectivity index (χ3n) is 5.38. The number of carbonyl (C=O) groups excluding carboxylic acids is 1. The first kappa shape index (κ1) is 20.0. The van der Waals surface area contributed by atoms with Gasteiger partial charge in [-0.2, -0.15) is 5.10 Å². The minimum Gasteiger partial charge on any atom is -0.347 e. The van der Waals surface area contributed by atoms with Crippen LogP contribution in [-0.2, 0) is 11.3 Å². The number of likely N-dealkylation sites (tertiary alicyclic amines) is 1. The first-order valence-corrected chi connectivity index (χ1v) is 10.1. The smallest absolute Gasteiger partial charge is 0.244 e. The van der Waals surface area contributed by atoms with Gasteiger partial charge in [0.2, 0.25) is 11.9 Å². The Morgan fingerprint density at radius 2 is 2.07 bits per heavy atom. The number of benzene rings is 1. The zero-order valence-electron chi connectivity index (χ0n) is 17.2. The molecule has 0 radical (unpaired) electrons. The molecule has 1 amide bonds. The second kappa shape index (κ2) is 8.61. The lowest BCUT2D eigenvalue weighted by molar-refractivity contribution is -0.133. The largest absolute Gasteiger partial charge is 0.347 e. The van der Waals surface area contributed by atoms with Crippen LogP contribution in [0.3, 0.4) is 0 Å². The molecule has 2 aromatic heterocycles. The van der Waals surface area contributed by atoms with Gasteiger partial charge in [0.05, 0.1) is 5.69 Å². The molecule has 7 nitrogen and oxygen atoms in total. The van der Waals surface area contributed by atoms with Crippen molar-refractivity contribution in [3.8, 4) is 11.1 Å². The molecular weight excluding hydrogens is 383 g/mol. The zero-order chi connectivity index (χ0) is 21.1. The van der Waals surface area contributed by atoms with E-state index in [1.807, 2.05) is 30.0 Å². The molecule has 8 heteroatoms. The van der Waals surface area contributed by atoms with E-state index in [0.717, 1.165) is 36.2 Å². The van der Waals surface area contributed by atoms with Gasteiger partial charge in [-0.25, -0.2) is 14.4 Å². The highest BCUT2D eigenvalue weighted by Gasteiger charge is 2.28. The molecule has 0 spiro atoms. The fourth-order valence-corrected chi connectivity index (χ4v) is 3.82. The lowest BCUT2D eigenvalue weighted by Crippen LogP contribution is -2.41. The number of hydrogen-bond donors (Lipinski definition) is 0. The fraction of sp³-hybridized carbons (Fsp3) is 0.364. The van der Waals surface area contributed by atoms with Crippen LogP contribution >= 0.6 is 0 Å². The van der Waals surface area contributed by atoms with Crippen LogP contribution in [0, 0.1) is 5.82 Å². The Hall–Kier alpha value is -3.29. The van der Waals surface area contributed by atoms with Crippen LogP contribution in [0.1, 0.15) is 24.5 Å². The van der Waals surface area contributed by atoms with Gasteiger partial charge in [0, 0.05) is 57.3 Å². The monoisotopic (exact) mass is 408 g/mol. The van der Waals surface area contributed by atoms with Crippen LogP contribution in [-0.4, -0.2) is 57.7 Å². The van der Waals surface area contributed by atoms with E-state index >= 15 is 0 Å². The molecule has 0 saturated carbocycles. The maximum absolute atomic E-state index is 13.4. The predicted octanol–water partition coefficient (Wildman–Crippen LogP) is 2.95. The number of piperidine rings is 1. The number of aromatic nitrogens is 4. The quantitative estimate of drug-likeness (QED) is 0.649. The molecule has 0 bridgehead atoms. The van der Waals surface area contributed by atoms with Crippen molar-refractivity contribution in [2.75, 3.05) is 32.1 Å². The van der Waals surface area contributed by atoms with Crippen molar-refractivity contribution >= 4 is 11.9 Å². The number of anilines is 1. The second-order valence-corrected chi connectivity index (χ2v) is 7.75. The summed E-state index contributed by atoms with van der Waals surface area (Å²) in [6.45, 7) is 1.56. The highest BCUT2D eigenvalue weighted by Crippen LogP contribution is 2.34. The fourth-order valence-electron chi connectivity index (χ4n) is 3.82. The normalized spacial score (nSPS) is 16.5. The summed E-state index contributed by atoms with van der Waals surface area (Å²) < 4.78 is 15.1. The van der Waals surface area contributed by atoms with Crippen LogP contribution in [0.15, 0.2) is 48.9 Å². The summed E-state index contributed by atoms with van der Waals surface area (Å²) in [4.78, 5) is 25.8. The highest BCUT2D eigenvalue weighted by atomic mass is 19.1. The van der Waals surface area contributed by atoms with Crippen molar-refractivity contribution < 1.29 is 9.18 Å². The van der Waals surface area contributed by atoms with Gasteiger partial charge in [0.25, 0.3) is 0 Å². The summed E-state index contributed by atoms with van der Waals surface area (Å²) in [5.41, 5.74) is 2.65. The van der Waals surface area contributed by atoms with E-state index in [2.05, 4.69) is 10.1 Å². The first-order chi connectivity index (χ1) is 14.5. The molecule has 156 valence electrons. The van der Waals surface area contributed by atoms with E-state index in [1.54, 1.807) is 35.4 Å². The molecule has 0 N–H and O–H groups in total. The Balaban J connectivity index is 1.63. The summed E-state index contributed by atoms with van der Waals surface area (Å²) in [5.74, 6) is 0.478. The number of rotatable bonds is 5. The van der Waals surface area contributed by atoms with Gasteiger partial charge < -0.3 is 9.80 Å². The standard InChI is InChI=1S/C22H25FN6O/c1-27(2)22-24-13-19(16-6-8-18(23)9-7-16)21(26-22)17-5-3-11-28(14-17)20(30)15-29-12-4-10-25-29/h4,6-10,12-13,17H,3,5,11,14-15H2,1-2H3/t17-/m1/s1. The SMILES string of the molecule is CN(C)c1ncc(-c2ccc(F)cc2)c([C@@H]2CCCN(C(=O)Cn3cccn3)C2)n1. The Morgan fingerprint density at radius 3 is 2.77 bits per heavy atom. The predicted molar refractivity (Wildman–Crippen MR) is 113 cm³/mol. The van der Waals surface area contributed by atoms with Crippen LogP contribution in [0.2, 0.25) is 0 Å². The minimum absolute atomic E-state index is 0.0496. The van der Waals surface area contributed by atoms with E-state index in [4.69, 9.17) is 4.98 Å². The molecule has 30 heavy (non-hydrogen) atoms. The second-order valence-electron chi connectivity index (χ2n) is 7.75. The van der Waals surface area contributed by atoms with E-state index in [1.165, 1.54) is 12.1 Å². The highest BCUT2D eigenvalue weighted by molar-refractivity contribution is 5.76. The third kappa shape index (κ3) is 4.32. The first-order valence-electron chi connectivity index (χ1n) is 10.1. The Morgan fingerprint density at radius 1 is 1.27 bits per heavy atom. The van der Waals surface area contributed by atoms with E-state index in [9.17, 15) is 9.18 Å². The molecule has 1 atom stereocenters. The summed E-state index contributed by atoms with van der Waals surface area (Å²) in [6.07, 6.45) is 7.10. The summed E-state index contributed by atoms with van der Waals surface area (Å²) in [7, 11) is 3.80. The molecule has 1 saturated heterocycles. The Bertz CT molecular complexity index is 1000. The van der Waals surface area contributed by atoms with Gasteiger partial charge in [0.15, 0.2) is 0 Å². The lowest BCUT2D eigenvalue weighted by Gasteiger charge is -2.33. The number of amides is 1. The Kier molecular flexibility index (Phi) is 5.74. The van der Waals surface area contributed by atoms with Crippen LogP contribution in [0.4, 0.5) is 10.3 Å². The molecule has 1 aliphatic heterocycles. The zero-order valence-corrected chi connectivity index (χ0v) is 17.2. The van der Waals surface area contributed by atoms with Crippen molar-refractivity contribution in [3.63, 3.8) is 0 Å². The number of carbonyl (C=O) groups is 1.